The average molecular weight is 306 g/mol. The van der Waals surface area contributed by atoms with Gasteiger partial charge in [0.25, 0.3) is 0 Å². The van der Waals surface area contributed by atoms with Crippen molar-refractivity contribution in [2.24, 2.45) is 5.92 Å². The van der Waals surface area contributed by atoms with Crippen LogP contribution in [-0.4, -0.2) is 13.1 Å². The van der Waals surface area contributed by atoms with Gasteiger partial charge < -0.3 is 10.1 Å². The lowest BCUT2D eigenvalue weighted by Crippen LogP contribution is -2.21. The molecule has 1 aliphatic heterocycles. The maximum Gasteiger partial charge on any atom is 0.145 e. The van der Waals surface area contributed by atoms with E-state index in [1.165, 1.54) is 6.07 Å². The van der Waals surface area contributed by atoms with E-state index in [1.54, 1.807) is 12.1 Å². The molecule has 2 aromatic rings. The first-order chi connectivity index (χ1) is 10.3. The molecule has 0 bridgehead atoms. The minimum atomic E-state index is -0.453. The standard InChI is InChI=1S/C17H17ClFNO/c18-16-14(19)7-4-8-15(16)21-17(13-9-10-20-11-13)12-5-2-1-3-6-12/h1-8,13,17,20H,9-11H2/t13-,17?/m0/s1. The summed E-state index contributed by atoms with van der Waals surface area (Å²) in [6, 6.07) is 14.7. The Labute approximate surface area is 128 Å². The highest BCUT2D eigenvalue weighted by molar-refractivity contribution is 6.32. The van der Waals surface area contributed by atoms with E-state index in [-0.39, 0.29) is 11.1 Å². The third-order valence-corrected chi connectivity index (χ3v) is 4.19. The zero-order chi connectivity index (χ0) is 14.7. The van der Waals surface area contributed by atoms with Gasteiger partial charge in [-0.3, -0.25) is 0 Å². The smallest absolute Gasteiger partial charge is 0.145 e. The summed E-state index contributed by atoms with van der Waals surface area (Å²) in [7, 11) is 0. The van der Waals surface area contributed by atoms with Gasteiger partial charge in [0.15, 0.2) is 0 Å². The average Bonchev–Trinajstić information content (AvgIpc) is 3.04. The van der Waals surface area contributed by atoms with Crippen LogP contribution in [0.5, 0.6) is 5.75 Å². The van der Waals surface area contributed by atoms with E-state index >= 15 is 0 Å². The lowest BCUT2D eigenvalue weighted by atomic mass is 9.95. The fourth-order valence-corrected chi connectivity index (χ4v) is 2.90. The summed E-state index contributed by atoms with van der Waals surface area (Å²) >= 11 is 6.02. The van der Waals surface area contributed by atoms with Crippen LogP contribution < -0.4 is 10.1 Å². The molecule has 0 saturated carbocycles. The van der Waals surface area contributed by atoms with Crippen LogP contribution in [0.25, 0.3) is 0 Å². The molecule has 0 aromatic heterocycles. The summed E-state index contributed by atoms with van der Waals surface area (Å²) in [5.74, 6) is 0.301. The quantitative estimate of drug-likeness (QED) is 0.913. The molecular formula is C17H17ClFNO. The third-order valence-electron chi connectivity index (χ3n) is 3.82. The van der Waals surface area contributed by atoms with Crippen LogP contribution in [-0.2, 0) is 0 Å². The Hall–Kier alpha value is -1.58. The summed E-state index contributed by atoms with van der Waals surface area (Å²) in [6.07, 6.45) is 0.910. The van der Waals surface area contributed by atoms with Gasteiger partial charge in [0.2, 0.25) is 0 Å². The highest BCUT2D eigenvalue weighted by Crippen LogP contribution is 2.35. The van der Waals surface area contributed by atoms with Gasteiger partial charge in [0, 0.05) is 12.5 Å². The van der Waals surface area contributed by atoms with Gasteiger partial charge in [-0.1, -0.05) is 48.0 Å². The van der Waals surface area contributed by atoms with Gasteiger partial charge in [-0.25, -0.2) is 4.39 Å². The van der Waals surface area contributed by atoms with Crippen molar-refractivity contribution in [3.63, 3.8) is 0 Å². The van der Waals surface area contributed by atoms with E-state index in [9.17, 15) is 4.39 Å². The molecule has 1 heterocycles. The molecule has 110 valence electrons. The Balaban J connectivity index is 1.90. The van der Waals surface area contributed by atoms with Crippen molar-refractivity contribution in [2.75, 3.05) is 13.1 Å². The first-order valence-corrected chi connectivity index (χ1v) is 7.50. The zero-order valence-corrected chi connectivity index (χ0v) is 12.3. The van der Waals surface area contributed by atoms with E-state index in [0.29, 0.717) is 11.7 Å². The summed E-state index contributed by atoms with van der Waals surface area (Å²) in [4.78, 5) is 0. The van der Waals surface area contributed by atoms with E-state index in [0.717, 1.165) is 25.1 Å². The van der Waals surface area contributed by atoms with Crippen LogP contribution in [0, 0.1) is 11.7 Å². The number of hydrogen-bond donors (Lipinski definition) is 1. The molecular weight excluding hydrogens is 289 g/mol. The van der Waals surface area contributed by atoms with Gasteiger partial charge >= 0.3 is 0 Å². The van der Waals surface area contributed by atoms with Crippen LogP contribution in [0.4, 0.5) is 4.39 Å². The maximum absolute atomic E-state index is 13.6. The van der Waals surface area contributed by atoms with Crippen LogP contribution in [0.3, 0.4) is 0 Å². The van der Waals surface area contributed by atoms with Crippen LogP contribution >= 0.6 is 11.6 Å². The van der Waals surface area contributed by atoms with Crippen molar-refractivity contribution < 1.29 is 9.13 Å². The molecule has 4 heteroatoms. The van der Waals surface area contributed by atoms with Crippen LogP contribution in [0.1, 0.15) is 18.1 Å². The molecule has 1 N–H and O–H groups in total. The Morgan fingerprint density at radius 1 is 1.14 bits per heavy atom. The minimum Gasteiger partial charge on any atom is -0.484 e. The lowest BCUT2D eigenvalue weighted by Gasteiger charge is -2.25. The van der Waals surface area contributed by atoms with E-state index in [1.807, 2.05) is 30.3 Å². The largest absolute Gasteiger partial charge is 0.484 e. The topological polar surface area (TPSA) is 21.3 Å². The second-order valence-electron chi connectivity index (χ2n) is 5.25. The molecule has 3 rings (SSSR count). The molecule has 1 saturated heterocycles. The monoisotopic (exact) mass is 305 g/mol. The first-order valence-electron chi connectivity index (χ1n) is 7.12. The predicted octanol–water partition coefficient (Wildman–Crippen LogP) is 4.21. The normalized spacial score (nSPS) is 19.4. The molecule has 21 heavy (non-hydrogen) atoms. The van der Waals surface area contributed by atoms with Crippen molar-refractivity contribution in [3.8, 4) is 5.75 Å². The number of hydrogen-bond acceptors (Lipinski definition) is 2. The van der Waals surface area contributed by atoms with Crippen LogP contribution in [0.15, 0.2) is 48.5 Å². The van der Waals surface area contributed by atoms with Gasteiger partial charge in [-0.15, -0.1) is 0 Å². The van der Waals surface area contributed by atoms with Crippen LogP contribution in [0.2, 0.25) is 5.02 Å². The Kier molecular flexibility index (Phi) is 4.42. The van der Waals surface area contributed by atoms with Crippen molar-refractivity contribution >= 4 is 11.6 Å². The van der Waals surface area contributed by atoms with Gasteiger partial charge in [0.1, 0.15) is 22.7 Å². The van der Waals surface area contributed by atoms with Crippen molar-refractivity contribution in [3.05, 3.63) is 64.9 Å². The number of rotatable bonds is 4. The SMILES string of the molecule is Fc1cccc(OC(c2ccccc2)[C@H]2CCNC2)c1Cl. The molecule has 2 aromatic carbocycles. The Bertz CT molecular complexity index is 599. The molecule has 0 spiro atoms. The molecule has 0 amide bonds. The Morgan fingerprint density at radius 2 is 1.95 bits per heavy atom. The summed E-state index contributed by atoms with van der Waals surface area (Å²) < 4.78 is 19.7. The second kappa shape index (κ2) is 6.46. The van der Waals surface area contributed by atoms with Gasteiger partial charge in [0.05, 0.1) is 0 Å². The fourth-order valence-electron chi connectivity index (χ4n) is 2.73. The first kappa shape index (κ1) is 14.4. The molecule has 1 aliphatic rings. The fraction of sp³-hybridized carbons (Fsp3) is 0.294. The minimum absolute atomic E-state index is 0.0457. The molecule has 2 atom stereocenters. The molecule has 0 aliphatic carbocycles. The summed E-state index contributed by atoms with van der Waals surface area (Å²) in [5, 5.41) is 3.39. The number of ether oxygens (including phenoxy) is 1. The maximum atomic E-state index is 13.6. The highest BCUT2D eigenvalue weighted by Gasteiger charge is 2.28. The van der Waals surface area contributed by atoms with Gasteiger partial charge in [-0.05, 0) is 30.7 Å². The van der Waals surface area contributed by atoms with Crippen molar-refractivity contribution in [1.82, 2.24) is 5.32 Å². The highest BCUT2D eigenvalue weighted by atomic mass is 35.5. The van der Waals surface area contributed by atoms with E-state index in [4.69, 9.17) is 16.3 Å². The molecule has 1 unspecified atom stereocenters. The van der Waals surface area contributed by atoms with E-state index < -0.39 is 5.82 Å². The number of nitrogens with one attached hydrogen (secondary N) is 1. The number of halogens is 2. The second-order valence-corrected chi connectivity index (χ2v) is 5.63. The lowest BCUT2D eigenvalue weighted by molar-refractivity contribution is 0.144. The summed E-state index contributed by atoms with van der Waals surface area (Å²) in [6.45, 7) is 1.88. The van der Waals surface area contributed by atoms with Crippen molar-refractivity contribution in [1.29, 1.82) is 0 Å². The summed E-state index contributed by atoms with van der Waals surface area (Å²) in [5.41, 5.74) is 1.09. The third kappa shape index (κ3) is 3.20. The molecule has 2 nitrogen and oxygen atoms in total. The Morgan fingerprint density at radius 3 is 2.67 bits per heavy atom. The van der Waals surface area contributed by atoms with Crippen molar-refractivity contribution in [2.45, 2.75) is 12.5 Å². The zero-order valence-electron chi connectivity index (χ0n) is 11.6. The van der Waals surface area contributed by atoms with Gasteiger partial charge in [-0.2, -0.15) is 0 Å². The predicted molar refractivity (Wildman–Crippen MR) is 82.2 cm³/mol. The molecule has 1 fully saturated rings. The molecule has 0 radical (unpaired) electrons. The number of benzene rings is 2. The van der Waals surface area contributed by atoms with E-state index in [2.05, 4.69) is 5.32 Å².